The van der Waals surface area contributed by atoms with Crippen LogP contribution in [0.15, 0.2) is 91.3 Å². The number of amides is 1. The molecule has 6 heteroatoms. The third-order valence-electron chi connectivity index (χ3n) is 5.07. The number of aromatic nitrogens is 2. The molecule has 0 unspecified atom stereocenters. The number of nitrogens with one attached hydrogen (secondary N) is 1. The van der Waals surface area contributed by atoms with E-state index in [0.29, 0.717) is 24.3 Å². The van der Waals surface area contributed by atoms with E-state index in [1.807, 2.05) is 30.5 Å². The number of para-hydroxylation sites is 1. The fourth-order valence-electron chi connectivity index (χ4n) is 3.40. The minimum absolute atomic E-state index is 0.208. The minimum atomic E-state index is -0.294. The molecule has 0 aliphatic carbocycles. The fraction of sp³-hybridized carbons (Fsp3) is 0.154. The Morgan fingerprint density at radius 3 is 2.50 bits per heavy atom. The van der Waals surface area contributed by atoms with Gasteiger partial charge in [-0.25, -0.2) is 9.37 Å². The molecule has 0 aliphatic rings. The third kappa shape index (κ3) is 5.60. The molecule has 1 heterocycles. The summed E-state index contributed by atoms with van der Waals surface area (Å²) in [6.45, 7) is 1.45. The molecule has 0 spiro atoms. The predicted molar refractivity (Wildman–Crippen MR) is 121 cm³/mol. The molecule has 5 nitrogen and oxygen atoms in total. The Balaban J connectivity index is 1.33. The number of ether oxygens (including phenoxy) is 1. The Bertz CT molecular complexity index is 1160. The number of hydrogen-bond donors (Lipinski definition) is 1. The second kappa shape index (κ2) is 10.4. The Labute approximate surface area is 186 Å². The van der Waals surface area contributed by atoms with Crippen LogP contribution in [-0.4, -0.2) is 22.0 Å². The molecular weight excluding hydrogens is 405 g/mol. The Kier molecular flexibility index (Phi) is 6.92. The van der Waals surface area contributed by atoms with E-state index < -0.39 is 0 Å². The Morgan fingerprint density at radius 1 is 0.938 bits per heavy atom. The van der Waals surface area contributed by atoms with Crippen LogP contribution in [0.25, 0.3) is 0 Å². The van der Waals surface area contributed by atoms with Crippen molar-refractivity contribution in [1.82, 2.24) is 14.9 Å². The first kappa shape index (κ1) is 21.3. The molecule has 4 aromatic rings. The lowest BCUT2D eigenvalue weighted by molar-refractivity contribution is 0.0949. The summed E-state index contributed by atoms with van der Waals surface area (Å²) in [6, 6.07) is 23.4. The monoisotopic (exact) mass is 429 g/mol. The highest BCUT2D eigenvalue weighted by Crippen LogP contribution is 2.19. The van der Waals surface area contributed by atoms with Gasteiger partial charge in [-0.2, -0.15) is 0 Å². The molecule has 32 heavy (non-hydrogen) atoms. The van der Waals surface area contributed by atoms with Gasteiger partial charge in [0, 0.05) is 31.9 Å². The standard InChI is InChI=1S/C26H24FN3O2/c27-22-12-10-21(11-13-22)19-32-24-9-5-4-8-23(24)26(31)29-15-14-25-28-16-17-30(25)18-20-6-2-1-3-7-20/h1-13,16-17H,14-15,18-19H2,(H,29,31). The van der Waals surface area contributed by atoms with Crippen molar-refractivity contribution in [1.29, 1.82) is 0 Å². The number of hydrogen-bond acceptors (Lipinski definition) is 3. The number of carbonyl (C=O) groups excluding carboxylic acids is 1. The van der Waals surface area contributed by atoms with Crippen LogP contribution in [0.1, 0.15) is 27.3 Å². The van der Waals surface area contributed by atoms with Crippen molar-refractivity contribution >= 4 is 5.91 Å². The van der Waals surface area contributed by atoms with Crippen LogP contribution >= 0.6 is 0 Å². The molecule has 0 fully saturated rings. The van der Waals surface area contributed by atoms with Gasteiger partial charge in [-0.3, -0.25) is 4.79 Å². The van der Waals surface area contributed by atoms with E-state index in [1.165, 1.54) is 17.7 Å². The molecule has 0 atom stereocenters. The fourth-order valence-corrected chi connectivity index (χ4v) is 3.40. The summed E-state index contributed by atoms with van der Waals surface area (Å²) in [5.41, 5.74) is 2.48. The summed E-state index contributed by atoms with van der Waals surface area (Å²) in [4.78, 5) is 17.2. The lowest BCUT2D eigenvalue weighted by atomic mass is 10.2. The number of rotatable bonds is 9. The average Bonchev–Trinajstić information content (AvgIpc) is 3.26. The maximum Gasteiger partial charge on any atom is 0.255 e. The van der Waals surface area contributed by atoms with Crippen LogP contribution in [0.5, 0.6) is 5.75 Å². The average molecular weight is 429 g/mol. The topological polar surface area (TPSA) is 56.2 Å². The van der Waals surface area contributed by atoms with Crippen molar-refractivity contribution in [3.05, 3.63) is 120 Å². The van der Waals surface area contributed by atoms with E-state index in [-0.39, 0.29) is 18.3 Å². The molecule has 0 saturated carbocycles. The van der Waals surface area contributed by atoms with Crippen LogP contribution in [0, 0.1) is 5.82 Å². The second-order valence-corrected chi connectivity index (χ2v) is 7.37. The van der Waals surface area contributed by atoms with Gasteiger partial charge < -0.3 is 14.6 Å². The molecule has 0 aliphatic heterocycles. The van der Waals surface area contributed by atoms with E-state index in [0.717, 1.165) is 17.9 Å². The summed E-state index contributed by atoms with van der Waals surface area (Å²) in [5.74, 6) is 0.897. The zero-order valence-corrected chi connectivity index (χ0v) is 17.6. The van der Waals surface area contributed by atoms with Gasteiger partial charge in [-0.15, -0.1) is 0 Å². The molecule has 0 radical (unpaired) electrons. The van der Waals surface area contributed by atoms with Crippen molar-refractivity contribution in [3.63, 3.8) is 0 Å². The highest BCUT2D eigenvalue weighted by Gasteiger charge is 2.13. The molecule has 1 aromatic heterocycles. The Hall–Kier alpha value is -3.93. The van der Waals surface area contributed by atoms with Gasteiger partial charge in [0.2, 0.25) is 0 Å². The van der Waals surface area contributed by atoms with Gasteiger partial charge >= 0.3 is 0 Å². The molecule has 4 rings (SSSR count). The van der Waals surface area contributed by atoms with Crippen LogP contribution in [0.3, 0.4) is 0 Å². The molecule has 1 N–H and O–H groups in total. The summed E-state index contributed by atoms with van der Waals surface area (Å²) in [7, 11) is 0. The van der Waals surface area contributed by atoms with E-state index in [1.54, 1.807) is 36.5 Å². The normalized spacial score (nSPS) is 10.7. The van der Waals surface area contributed by atoms with E-state index >= 15 is 0 Å². The van der Waals surface area contributed by atoms with Crippen molar-refractivity contribution < 1.29 is 13.9 Å². The molecule has 162 valence electrons. The van der Waals surface area contributed by atoms with E-state index in [9.17, 15) is 9.18 Å². The minimum Gasteiger partial charge on any atom is -0.488 e. The van der Waals surface area contributed by atoms with Gasteiger partial charge in [0.25, 0.3) is 5.91 Å². The first-order chi connectivity index (χ1) is 15.7. The third-order valence-corrected chi connectivity index (χ3v) is 5.07. The SMILES string of the molecule is O=C(NCCc1nccn1Cc1ccccc1)c1ccccc1OCc1ccc(F)cc1. The Morgan fingerprint density at radius 2 is 1.69 bits per heavy atom. The molecular formula is C26H24FN3O2. The predicted octanol–water partition coefficient (Wildman–Crippen LogP) is 4.62. The molecule has 1 amide bonds. The molecule has 0 bridgehead atoms. The van der Waals surface area contributed by atoms with Gasteiger partial charge in [0.15, 0.2) is 0 Å². The first-order valence-electron chi connectivity index (χ1n) is 10.5. The summed E-state index contributed by atoms with van der Waals surface area (Å²) >= 11 is 0. The van der Waals surface area contributed by atoms with Crippen LogP contribution in [-0.2, 0) is 19.6 Å². The summed E-state index contributed by atoms with van der Waals surface area (Å²) < 4.78 is 21.0. The number of carbonyl (C=O) groups is 1. The number of benzene rings is 3. The highest BCUT2D eigenvalue weighted by molar-refractivity contribution is 5.96. The molecule has 3 aromatic carbocycles. The zero-order chi connectivity index (χ0) is 22.2. The number of halogens is 1. The van der Waals surface area contributed by atoms with Gasteiger partial charge in [0.1, 0.15) is 24.0 Å². The first-order valence-corrected chi connectivity index (χ1v) is 10.5. The van der Waals surface area contributed by atoms with E-state index in [2.05, 4.69) is 27.0 Å². The smallest absolute Gasteiger partial charge is 0.255 e. The van der Waals surface area contributed by atoms with Crippen molar-refractivity contribution in [3.8, 4) is 5.75 Å². The lowest BCUT2D eigenvalue weighted by Gasteiger charge is -2.12. The summed E-state index contributed by atoms with van der Waals surface area (Å²) in [6.07, 6.45) is 4.34. The molecule has 0 saturated heterocycles. The van der Waals surface area contributed by atoms with Gasteiger partial charge in [-0.1, -0.05) is 54.6 Å². The number of imidazole rings is 1. The highest BCUT2D eigenvalue weighted by atomic mass is 19.1. The van der Waals surface area contributed by atoms with Crippen molar-refractivity contribution in [2.24, 2.45) is 0 Å². The van der Waals surface area contributed by atoms with Gasteiger partial charge in [-0.05, 0) is 35.4 Å². The summed E-state index contributed by atoms with van der Waals surface area (Å²) in [5, 5.41) is 2.95. The van der Waals surface area contributed by atoms with E-state index in [4.69, 9.17) is 4.74 Å². The maximum absolute atomic E-state index is 13.1. The largest absolute Gasteiger partial charge is 0.488 e. The zero-order valence-electron chi connectivity index (χ0n) is 17.6. The second-order valence-electron chi connectivity index (χ2n) is 7.37. The number of nitrogens with zero attached hydrogens (tertiary/aromatic N) is 2. The van der Waals surface area contributed by atoms with Crippen LogP contribution in [0.4, 0.5) is 4.39 Å². The van der Waals surface area contributed by atoms with Crippen molar-refractivity contribution in [2.45, 2.75) is 19.6 Å². The lowest BCUT2D eigenvalue weighted by Crippen LogP contribution is -2.27. The van der Waals surface area contributed by atoms with Crippen LogP contribution < -0.4 is 10.1 Å². The quantitative estimate of drug-likeness (QED) is 0.422. The van der Waals surface area contributed by atoms with Gasteiger partial charge in [0.05, 0.1) is 5.56 Å². The maximum atomic E-state index is 13.1. The van der Waals surface area contributed by atoms with Crippen LogP contribution in [0.2, 0.25) is 0 Å². The van der Waals surface area contributed by atoms with Crippen molar-refractivity contribution in [2.75, 3.05) is 6.54 Å².